The predicted molar refractivity (Wildman–Crippen MR) is 98.2 cm³/mol. The fraction of sp³-hybridized carbons (Fsp3) is 0.158. The van der Waals surface area contributed by atoms with E-state index < -0.39 is 0 Å². The van der Waals surface area contributed by atoms with Gasteiger partial charge in [0.25, 0.3) is 5.91 Å². The maximum atomic E-state index is 13.1. The van der Waals surface area contributed by atoms with E-state index in [2.05, 4.69) is 21.0 Å². The second kappa shape index (κ2) is 7.19. The van der Waals surface area contributed by atoms with Gasteiger partial charge in [0.2, 0.25) is 0 Å². The van der Waals surface area contributed by atoms with E-state index in [0.717, 1.165) is 15.7 Å². The molecule has 0 radical (unpaired) electrons. The summed E-state index contributed by atoms with van der Waals surface area (Å²) in [5, 5.41) is 4.21. The molecule has 0 N–H and O–H groups in total. The van der Waals surface area contributed by atoms with Crippen LogP contribution in [0.3, 0.4) is 0 Å². The molecule has 0 aliphatic heterocycles. The van der Waals surface area contributed by atoms with Crippen LogP contribution in [0.5, 0.6) is 0 Å². The van der Waals surface area contributed by atoms with E-state index in [4.69, 9.17) is 0 Å². The lowest BCUT2D eigenvalue weighted by Gasteiger charge is -2.25. The van der Waals surface area contributed by atoms with Gasteiger partial charge < -0.3 is 4.90 Å². The summed E-state index contributed by atoms with van der Waals surface area (Å²) in [4.78, 5) is 14.3. The first kappa shape index (κ1) is 17.4. The first-order chi connectivity index (χ1) is 12.0. The molecule has 1 atom stereocenters. The summed E-state index contributed by atoms with van der Waals surface area (Å²) >= 11 is 3.36. The predicted octanol–water partition coefficient (Wildman–Crippen LogP) is 4.61. The molecule has 6 heteroatoms. The third-order valence-corrected chi connectivity index (χ3v) is 4.59. The van der Waals surface area contributed by atoms with Crippen molar-refractivity contribution < 1.29 is 9.18 Å². The van der Waals surface area contributed by atoms with Crippen molar-refractivity contribution in [1.29, 1.82) is 0 Å². The van der Waals surface area contributed by atoms with Crippen LogP contribution in [-0.2, 0) is 0 Å². The van der Waals surface area contributed by atoms with Gasteiger partial charge in [-0.05, 0) is 64.8 Å². The van der Waals surface area contributed by atoms with Crippen molar-refractivity contribution in [3.8, 4) is 5.69 Å². The lowest BCUT2D eigenvalue weighted by atomic mass is 10.1. The molecule has 25 heavy (non-hydrogen) atoms. The second-order valence-electron chi connectivity index (χ2n) is 5.79. The summed E-state index contributed by atoms with van der Waals surface area (Å²) in [6, 6.07) is 13.3. The smallest absolute Gasteiger partial charge is 0.254 e. The van der Waals surface area contributed by atoms with Gasteiger partial charge in [-0.15, -0.1) is 0 Å². The lowest BCUT2D eigenvalue weighted by molar-refractivity contribution is 0.0742. The number of carbonyl (C=O) groups is 1. The molecule has 2 aromatic carbocycles. The number of rotatable bonds is 4. The molecule has 0 spiro atoms. The minimum Gasteiger partial charge on any atom is -0.335 e. The highest BCUT2D eigenvalue weighted by Gasteiger charge is 2.19. The van der Waals surface area contributed by atoms with Crippen molar-refractivity contribution in [2.45, 2.75) is 13.0 Å². The Kier molecular flexibility index (Phi) is 4.99. The van der Waals surface area contributed by atoms with E-state index in [0.29, 0.717) is 5.56 Å². The summed E-state index contributed by atoms with van der Waals surface area (Å²) in [7, 11) is 1.74. The molecule has 3 rings (SSSR count). The molecule has 0 saturated heterocycles. The zero-order valence-corrected chi connectivity index (χ0v) is 15.4. The van der Waals surface area contributed by atoms with E-state index in [9.17, 15) is 9.18 Å². The molecule has 1 amide bonds. The molecule has 0 fully saturated rings. The summed E-state index contributed by atoms with van der Waals surface area (Å²) in [5.74, 6) is -0.379. The highest BCUT2D eigenvalue weighted by atomic mass is 79.9. The Bertz CT molecular complexity index is 874. The molecule has 0 saturated carbocycles. The van der Waals surface area contributed by atoms with Crippen LogP contribution in [0.25, 0.3) is 5.69 Å². The van der Waals surface area contributed by atoms with Gasteiger partial charge in [0.05, 0.1) is 22.4 Å². The molecule has 1 unspecified atom stereocenters. The molecule has 4 nitrogen and oxygen atoms in total. The van der Waals surface area contributed by atoms with Crippen LogP contribution in [-0.4, -0.2) is 27.6 Å². The van der Waals surface area contributed by atoms with Gasteiger partial charge in [-0.3, -0.25) is 4.79 Å². The fourth-order valence-electron chi connectivity index (χ4n) is 2.54. The van der Waals surface area contributed by atoms with Crippen LogP contribution in [0.2, 0.25) is 0 Å². The average molecular weight is 402 g/mol. The molecule has 1 aromatic heterocycles. The number of amides is 1. The second-order valence-corrected chi connectivity index (χ2v) is 6.71. The quantitative estimate of drug-likeness (QED) is 0.640. The number of carbonyl (C=O) groups excluding carboxylic acids is 1. The zero-order chi connectivity index (χ0) is 18.0. The normalized spacial score (nSPS) is 12.0. The minimum atomic E-state index is -0.286. The fourth-order valence-corrected chi connectivity index (χ4v) is 2.83. The Balaban J connectivity index is 1.76. The number of nitrogens with zero attached hydrogens (tertiary/aromatic N) is 3. The van der Waals surface area contributed by atoms with Gasteiger partial charge in [-0.1, -0.05) is 12.1 Å². The first-order valence-corrected chi connectivity index (χ1v) is 8.58. The van der Waals surface area contributed by atoms with Crippen molar-refractivity contribution in [2.24, 2.45) is 0 Å². The van der Waals surface area contributed by atoms with Crippen LogP contribution < -0.4 is 0 Å². The van der Waals surface area contributed by atoms with Crippen LogP contribution in [0.1, 0.15) is 28.9 Å². The molecular formula is C19H17BrFN3O. The van der Waals surface area contributed by atoms with E-state index >= 15 is 0 Å². The maximum Gasteiger partial charge on any atom is 0.254 e. The van der Waals surface area contributed by atoms with Crippen molar-refractivity contribution in [3.63, 3.8) is 0 Å². The van der Waals surface area contributed by atoms with E-state index in [-0.39, 0.29) is 17.8 Å². The van der Waals surface area contributed by atoms with Crippen molar-refractivity contribution >= 4 is 21.8 Å². The van der Waals surface area contributed by atoms with Crippen LogP contribution in [0.15, 0.2) is 65.4 Å². The van der Waals surface area contributed by atoms with Crippen LogP contribution in [0.4, 0.5) is 4.39 Å². The summed E-state index contributed by atoms with van der Waals surface area (Å²) in [6.45, 7) is 1.92. The number of aromatic nitrogens is 2. The number of hydrogen-bond donors (Lipinski definition) is 0. The van der Waals surface area contributed by atoms with E-state index in [1.807, 2.05) is 25.3 Å². The Morgan fingerprint density at radius 3 is 2.36 bits per heavy atom. The monoisotopic (exact) mass is 401 g/mol. The van der Waals surface area contributed by atoms with E-state index in [1.54, 1.807) is 47.1 Å². The maximum absolute atomic E-state index is 13.1. The van der Waals surface area contributed by atoms with Crippen molar-refractivity contribution in [1.82, 2.24) is 14.7 Å². The van der Waals surface area contributed by atoms with Gasteiger partial charge in [0.1, 0.15) is 5.82 Å². The molecule has 0 aliphatic rings. The number of hydrogen-bond acceptors (Lipinski definition) is 2. The standard InChI is InChI=1S/C19H17BrFN3O/c1-13(14-3-7-17(21)8-4-14)23(2)19(25)15-5-9-18(10-6-15)24-12-16(20)11-22-24/h3-13H,1-2H3. The van der Waals surface area contributed by atoms with Crippen molar-refractivity contribution in [3.05, 3.63) is 82.3 Å². The third-order valence-electron chi connectivity index (χ3n) is 4.18. The third kappa shape index (κ3) is 3.79. The van der Waals surface area contributed by atoms with Gasteiger partial charge in [-0.2, -0.15) is 5.10 Å². The van der Waals surface area contributed by atoms with Crippen molar-refractivity contribution in [2.75, 3.05) is 7.05 Å². The Hall–Kier alpha value is -2.47. The minimum absolute atomic E-state index is 0.0926. The molecule has 0 aliphatic carbocycles. The summed E-state index contributed by atoms with van der Waals surface area (Å²) in [6.07, 6.45) is 3.55. The molecule has 0 bridgehead atoms. The molecular weight excluding hydrogens is 385 g/mol. The highest BCUT2D eigenvalue weighted by Crippen LogP contribution is 2.21. The Labute approximate surface area is 154 Å². The molecule has 3 aromatic rings. The number of halogens is 2. The zero-order valence-electron chi connectivity index (χ0n) is 13.9. The van der Waals surface area contributed by atoms with Gasteiger partial charge >= 0.3 is 0 Å². The topological polar surface area (TPSA) is 38.1 Å². The SMILES string of the molecule is CC(c1ccc(F)cc1)N(C)C(=O)c1ccc(-n2cc(Br)cn2)cc1. The van der Waals surface area contributed by atoms with Gasteiger partial charge in [0, 0.05) is 18.8 Å². The highest BCUT2D eigenvalue weighted by molar-refractivity contribution is 9.10. The first-order valence-electron chi connectivity index (χ1n) is 7.79. The largest absolute Gasteiger partial charge is 0.335 e. The summed E-state index contributed by atoms with van der Waals surface area (Å²) in [5.41, 5.74) is 2.35. The van der Waals surface area contributed by atoms with Crippen LogP contribution in [0, 0.1) is 5.82 Å². The van der Waals surface area contributed by atoms with E-state index in [1.165, 1.54) is 12.1 Å². The summed E-state index contributed by atoms with van der Waals surface area (Å²) < 4.78 is 15.7. The number of benzene rings is 2. The Morgan fingerprint density at radius 2 is 1.80 bits per heavy atom. The van der Waals surface area contributed by atoms with Crippen LogP contribution >= 0.6 is 15.9 Å². The average Bonchev–Trinajstić information content (AvgIpc) is 3.07. The molecule has 128 valence electrons. The molecule has 1 heterocycles. The Morgan fingerprint density at radius 1 is 1.16 bits per heavy atom. The lowest BCUT2D eigenvalue weighted by Crippen LogP contribution is -2.29. The van der Waals surface area contributed by atoms with Gasteiger partial charge in [-0.25, -0.2) is 9.07 Å². The van der Waals surface area contributed by atoms with Gasteiger partial charge in [0.15, 0.2) is 0 Å².